The molecule has 11 heavy (non-hydrogen) atoms. The Labute approximate surface area is 68.9 Å². The van der Waals surface area contributed by atoms with Crippen LogP contribution in [0, 0.1) is 0 Å². The van der Waals surface area contributed by atoms with Crippen molar-refractivity contribution in [3.63, 3.8) is 0 Å². The molecule has 64 valence electrons. The molecule has 0 N–H and O–H groups in total. The molecule has 0 aliphatic heterocycles. The van der Waals surface area contributed by atoms with Gasteiger partial charge in [-0.1, -0.05) is 19.1 Å². The van der Waals surface area contributed by atoms with Crippen molar-refractivity contribution in [2.45, 2.75) is 26.7 Å². The molecule has 1 amide bonds. The van der Waals surface area contributed by atoms with Crippen molar-refractivity contribution in [2.75, 3.05) is 13.6 Å². The summed E-state index contributed by atoms with van der Waals surface area (Å²) in [6.07, 6.45) is 5.52. The third kappa shape index (κ3) is 4.59. The first-order chi connectivity index (χ1) is 5.22. The topological polar surface area (TPSA) is 20.3 Å². The van der Waals surface area contributed by atoms with Crippen LogP contribution in [0.3, 0.4) is 0 Å². The summed E-state index contributed by atoms with van der Waals surface area (Å²) in [5.74, 6) is 0.227. The maximum atomic E-state index is 11.1. The van der Waals surface area contributed by atoms with Gasteiger partial charge in [0.25, 0.3) is 0 Å². The molecule has 2 nitrogen and oxygen atoms in total. The highest BCUT2D eigenvalue weighted by Crippen LogP contribution is 1.94. The Morgan fingerprint density at radius 2 is 2.18 bits per heavy atom. The molecule has 0 aliphatic carbocycles. The highest BCUT2D eigenvalue weighted by atomic mass is 16.2. The zero-order valence-electron chi connectivity index (χ0n) is 7.63. The molecule has 0 saturated heterocycles. The summed E-state index contributed by atoms with van der Waals surface area (Å²) in [5, 5.41) is 0. The van der Waals surface area contributed by atoms with Gasteiger partial charge in [0.05, 0.1) is 0 Å². The van der Waals surface area contributed by atoms with E-state index in [2.05, 4.69) is 0 Å². The van der Waals surface area contributed by atoms with Gasteiger partial charge < -0.3 is 4.90 Å². The van der Waals surface area contributed by atoms with E-state index in [0.29, 0.717) is 6.42 Å². The van der Waals surface area contributed by atoms with Gasteiger partial charge in [-0.05, 0) is 13.3 Å². The maximum Gasteiger partial charge on any atom is 0.222 e. The number of carbonyl (C=O) groups is 1. The Bertz CT molecular complexity index is 140. The summed E-state index contributed by atoms with van der Waals surface area (Å²) in [4.78, 5) is 12.9. The van der Waals surface area contributed by atoms with Crippen LogP contribution in [-0.2, 0) is 4.79 Å². The van der Waals surface area contributed by atoms with Gasteiger partial charge in [0.2, 0.25) is 5.91 Å². The number of carbonyl (C=O) groups excluding carboxylic acids is 1. The quantitative estimate of drug-likeness (QED) is 0.567. The van der Waals surface area contributed by atoms with Crippen molar-refractivity contribution < 1.29 is 4.79 Å². The highest BCUT2D eigenvalue weighted by Gasteiger charge is 2.03. The van der Waals surface area contributed by atoms with Crippen molar-refractivity contribution in [1.82, 2.24) is 4.90 Å². The van der Waals surface area contributed by atoms with Gasteiger partial charge in [0, 0.05) is 20.0 Å². The smallest absolute Gasteiger partial charge is 0.222 e. The van der Waals surface area contributed by atoms with Gasteiger partial charge >= 0.3 is 0 Å². The number of rotatable bonds is 4. The van der Waals surface area contributed by atoms with Gasteiger partial charge in [0.15, 0.2) is 0 Å². The van der Waals surface area contributed by atoms with E-state index in [9.17, 15) is 4.79 Å². The third-order valence-corrected chi connectivity index (χ3v) is 1.50. The normalized spacial score (nSPS) is 10.5. The third-order valence-electron chi connectivity index (χ3n) is 1.50. The number of hydrogen-bond donors (Lipinski definition) is 0. The zero-order chi connectivity index (χ0) is 8.69. The molecule has 2 heteroatoms. The fourth-order valence-corrected chi connectivity index (χ4v) is 0.770. The number of allylic oxidation sites excluding steroid dienone is 1. The second kappa shape index (κ2) is 5.96. The number of nitrogens with zero attached hydrogens (tertiary/aromatic N) is 1. The summed E-state index contributed by atoms with van der Waals surface area (Å²) in [6.45, 7) is 4.70. The van der Waals surface area contributed by atoms with E-state index in [0.717, 1.165) is 13.0 Å². The van der Waals surface area contributed by atoms with Gasteiger partial charge in [-0.15, -0.1) is 0 Å². The molecular weight excluding hydrogens is 138 g/mol. The van der Waals surface area contributed by atoms with Crippen molar-refractivity contribution >= 4 is 5.91 Å². The number of amides is 1. The van der Waals surface area contributed by atoms with E-state index >= 15 is 0 Å². The summed E-state index contributed by atoms with van der Waals surface area (Å²) in [6, 6.07) is 0. The number of likely N-dealkylation sites (N-methyl/N-ethyl adjacent to an activating group) is 1. The SMILES string of the molecule is C/C=C/CN(C)C(=O)CCC. The lowest BCUT2D eigenvalue weighted by atomic mass is 10.3. The molecule has 0 aromatic carbocycles. The molecule has 0 aromatic rings. The van der Waals surface area contributed by atoms with Crippen LogP contribution in [0.15, 0.2) is 12.2 Å². The average Bonchev–Trinajstić information content (AvgIpc) is 2.00. The van der Waals surface area contributed by atoms with Crippen LogP contribution in [0.2, 0.25) is 0 Å². The maximum absolute atomic E-state index is 11.1. The second-order valence-corrected chi connectivity index (χ2v) is 2.59. The second-order valence-electron chi connectivity index (χ2n) is 2.59. The molecular formula is C9H17NO. The predicted molar refractivity (Wildman–Crippen MR) is 47.4 cm³/mol. The standard InChI is InChI=1S/C9H17NO/c1-4-6-8-10(3)9(11)7-5-2/h4,6H,5,7-8H2,1-3H3/b6-4+. The van der Waals surface area contributed by atoms with E-state index in [1.54, 1.807) is 4.90 Å². The van der Waals surface area contributed by atoms with E-state index in [-0.39, 0.29) is 5.91 Å². The predicted octanol–water partition coefficient (Wildman–Crippen LogP) is 1.82. The van der Waals surface area contributed by atoms with Crippen molar-refractivity contribution in [2.24, 2.45) is 0 Å². The van der Waals surface area contributed by atoms with Crippen LogP contribution in [0.5, 0.6) is 0 Å². The molecule has 0 radical (unpaired) electrons. The Hall–Kier alpha value is -0.790. The molecule has 0 bridgehead atoms. The van der Waals surface area contributed by atoms with Gasteiger partial charge in [-0.3, -0.25) is 4.79 Å². The van der Waals surface area contributed by atoms with Gasteiger partial charge in [-0.2, -0.15) is 0 Å². The van der Waals surface area contributed by atoms with Crippen LogP contribution in [0.1, 0.15) is 26.7 Å². The number of hydrogen-bond acceptors (Lipinski definition) is 1. The Balaban J connectivity index is 3.63. The van der Waals surface area contributed by atoms with Crippen molar-refractivity contribution in [3.8, 4) is 0 Å². The van der Waals surface area contributed by atoms with E-state index < -0.39 is 0 Å². The molecule has 0 aromatic heterocycles. The van der Waals surface area contributed by atoms with Crippen LogP contribution in [0.25, 0.3) is 0 Å². The molecule has 0 rings (SSSR count). The average molecular weight is 155 g/mol. The fraction of sp³-hybridized carbons (Fsp3) is 0.667. The summed E-state index contributed by atoms with van der Waals surface area (Å²) < 4.78 is 0. The first-order valence-corrected chi connectivity index (χ1v) is 4.07. The fourth-order valence-electron chi connectivity index (χ4n) is 0.770. The highest BCUT2D eigenvalue weighted by molar-refractivity contribution is 5.75. The molecule has 0 heterocycles. The lowest BCUT2D eigenvalue weighted by Gasteiger charge is -2.13. The van der Waals surface area contributed by atoms with Crippen LogP contribution in [-0.4, -0.2) is 24.4 Å². The van der Waals surface area contributed by atoms with E-state index in [1.807, 2.05) is 33.0 Å². The molecule has 0 unspecified atom stereocenters. The molecule has 0 fully saturated rings. The Kier molecular flexibility index (Phi) is 5.53. The minimum atomic E-state index is 0.227. The van der Waals surface area contributed by atoms with Crippen molar-refractivity contribution in [1.29, 1.82) is 0 Å². The Morgan fingerprint density at radius 3 is 2.64 bits per heavy atom. The minimum Gasteiger partial charge on any atom is -0.342 e. The lowest BCUT2D eigenvalue weighted by Crippen LogP contribution is -2.26. The Morgan fingerprint density at radius 1 is 1.55 bits per heavy atom. The van der Waals surface area contributed by atoms with Crippen LogP contribution >= 0.6 is 0 Å². The summed E-state index contributed by atoms with van der Waals surface area (Å²) in [5.41, 5.74) is 0. The molecule has 0 spiro atoms. The summed E-state index contributed by atoms with van der Waals surface area (Å²) in [7, 11) is 1.83. The summed E-state index contributed by atoms with van der Waals surface area (Å²) >= 11 is 0. The largest absolute Gasteiger partial charge is 0.342 e. The minimum absolute atomic E-state index is 0.227. The zero-order valence-corrected chi connectivity index (χ0v) is 7.63. The monoisotopic (exact) mass is 155 g/mol. The molecule has 0 aliphatic rings. The van der Waals surface area contributed by atoms with Gasteiger partial charge in [0.1, 0.15) is 0 Å². The first kappa shape index (κ1) is 10.2. The van der Waals surface area contributed by atoms with E-state index in [1.165, 1.54) is 0 Å². The van der Waals surface area contributed by atoms with Crippen LogP contribution in [0.4, 0.5) is 0 Å². The molecule has 0 atom stereocenters. The first-order valence-electron chi connectivity index (χ1n) is 4.07. The van der Waals surface area contributed by atoms with E-state index in [4.69, 9.17) is 0 Å². The van der Waals surface area contributed by atoms with Gasteiger partial charge in [-0.25, -0.2) is 0 Å². The van der Waals surface area contributed by atoms with Crippen molar-refractivity contribution in [3.05, 3.63) is 12.2 Å². The molecule has 0 saturated carbocycles. The lowest BCUT2D eigenvalue weighted by molar-refractivity contribution is -0.129. The van der Waals surface area contributed by atoms with Crippen LogP contribution < -0.4 is 0 Å².